The Morgan fingerprint density at radius 1 is 1.12 bits per heavy atom. The van der Waals surface area contributed by atoms with Crippen LogP contribution in [-0.4, -0.2) is 96.7 Å². The number of aromatic nitrogens is 2. The summed E-state index contributed by atoms with van der Waals surface area (Å²) >= 11 is 0. The van der Waals surface area contributed by atoms with Gasteiger partial charge >= 0.3 is 5.69 Å². The molecule has 18 heteroatoms. The van der Waals surface area contributed by atoms with Gasteiger partial charge in [-0.25, -0.2) is 4.79 Å². The number of fused-ring (bicyclic) bond motifs is 3. The second kappa shape index (κ2) is 14.4. The van der Waals surface area contributed by atoms with E-state index < -0.39 is 113 Å². The SMILES string of the molecule is COc1cccc2c1C(=O)c1c(O)c3c(c(O)c1C2=O)C[C@@](O)(C(=O)CO)C[C@@H]3O[C@H]1C[C@H](N)[C@@H](O)[C@H](C)O1.O=c1[nH]cc(F)c(=O)[nH]1.[Pt]. The third-order valence-corrected chi connectivity index (χ3v) is 8.58. The number of hydrogen-bond acceptors (Lipinski definition) is 14. The number of aliphatic hydroxyl groups excluding tert-OH is 2. The predicted octanol–water partition coefficient (Wildman–Crippen LogP) is -0.799. The predicted molar refractivity (Wildman–Crippen MR) is 159 cm³/mol. The molecule has 266 valence electrons. The molecule has 49 heavy (non-hydrogen) atoms. The topological polar surface area (TPSA) is 272 Å². The Morgan fingerprint density at radius 2 is 1.80 bits per heavy atom. The summed E-state index contributed by atoms with van der Waals surface area (Å²) in [5.74, 6) is -4.77. The molecule has 0 spiro atoms. The fraction of sp³-hybridized carbons (Fsp3) is 0.387. The number of aromatic hydroxyl groups is 2. The molecular formula is C31H32FN3O13Pt. The van der Waals surface area contributed by atoms with Crippen molar-refractivity contribution in [3.05, 3.63) is 84.4 Å². The first-order valence-electron chi connectivity index (χ1n) is 14.6. The largest absolute Gasteiger partial charge is 0.507 e. The minimum absolute atomic E-state index is 0. The zero-order valence-electron chi connectivity index (χ0n) is 25.8. The number of carbonyl (C=O) groups is 3. The molecule has 2 aliphatic carbocycles. The number of ketones is 3. The summed E-state index contributed by atoms with van der Waals surface area (Å²) in [7, 11) is 1.32. The number of phenols is 2. The Morgan fingerprint density at radius 3 is 2.39 bits per heavy atom. The van der Waals surface area contributed by atoms with Crippen molar-refractivity contribution in [2.24, 2.45) is 5.73 Å². The molecule has 6 rings (SSSR count). The van der Waals surface area contributed by atoms with Crippen LogP contribution in [0.5, 0.6) is 17.2 Å². The van der Waals surface area contributed by atoms with Crippen LogP contribution in [0, 0.1) is 5.82 Å². The number of H-pyrrole nitrogens is 2. The first-order valence-corrected chi connectivity index (χ1v) is 14.6. The molecule has 3 aliphatic rings. The number of aliphatic hydroxyl groups is 3. The van der Waals surface area contributed by atoms with Gasteiger partial charge in [0.05, 0.1) is 42.1 Å². The molecule has 1 fully saturated rings. The molecule has 16 nitrogen and oxygen atoms in total. The zero-order chi connectivity index (χ0) is 35.2. The molecule has 1 aliphatic heterocycles. The van der Waals surface area contributed by atoms with Crippen molar-refractivity contribution >= 4 is 17.3 Å². The summed E-state index contributed by atoms with van der Waals surface area (Å²) in [4.78, 5) is 63.7. The number of rotatable bonds is 5. The van der Waals surface area contributed by atoms with Gasteiger partial charge in [-0.05, 0) is 13.0 Å². The molecule has 2 aromatic carbocycles. The van der Waals surface area contributed by atoms with Gasteiger partial charge in [-0.15, -0.1) is 0 Å². The maximum atomic E-state index is 13.6. The number of Topliss-reactive ketones (excluding diaryl/α,β-unsaturated/α-hetero) is 1. The van der Waals surface area contributed by atoms with E-state index in [0.717, 1.165) is 0 Å². The smallest absolute Gasteiger partial charge is 0.325 e. The van der Waals surface area contributed by atoms with Crippen molar-refractivity contribution in [2.75, 3.05) is 13.7 Å². The van der Waals surface area contributed by atoms with Crippen molar-refractivity contribution in [3.63, 3.8) is 0 Å². The van der Waals surface area contributed by atoms with Crippen LogP contribution in [0.25, 0.3) is 0 Å². The fourth-order valence-corrected chi connectivity index (χ4v) is 6.14. The van der Waals surface area contributed by atoms with Crippen LogP contribution in [0.2, 0.25) is 0 Å². The van der Waals surface area contributed by atoms with E-state index in [-0.39, 0.29) is 55.5 Å². The molecule has 0 unspecified atom stereocenters. The van der Waals surface area contributed by atoms with Gasteiger partial charge < -0.3 is 50.5 Å². The van der Waals surface area contributed by atoms with E-state index >= 15 is 0 Å². The van der Waals surface area contributed by atoms with E-state index in [0.29, 0.717) is 6.20 Å². The molecule has 3 aromatic rings. The van der Waals surface area contributed by atoms with Crippen LogP contribution in [0.4, 0.5) is 4.39 Å². The minimum Gasteiger partial charge on any atom is -0.507 e. The van der Waals surface area contributed by atoms with Gasteiger partial charge in [0.25, 0.3) is 5.56 Å². The third kappa shape index (κ3) is 6.75. The number of nitrogens with two attached hydrogens (primary N) is 1. The number of phenolic OH excluding ortho intramolecular Hbond substituents is 2. The number of benzene rings is 2. The van der Waals surface area contributed by atoms with Crippen LogP contribution < -0.4 is 21.7 Å². The van der Waals surface area contributed by atoms with Crippen LogP contribution in [0.15, 0.2) is 34.0 Å². The number of carbonyl (C=O) groups excluding carboxylic acids is 3. The maximum Gasteiger partial charge on any atom is 0.325 e. The molecule has 1 saturated heterocycles. The Labute approximate surface area is 289 Å². The fourth-order valence-electron chi connectivity index (χ4n) is 6.14. The number of ether oxygens (including phenoxy) is 3. The van der Waals surface area contributed by atoms with Crippen molar-refractivity contribution in [2.45, 2.75) is 62.4 Å². The third-order valence-electron chi connectivity index (χ3n) is 8.58. The monoisotopic (exact) mass is 868 g/mol. The Balaban J connectivity index is 0.000000471. The van der Waals surface area contributed by atoms with E-state index in [9.17, 15) is 53.9 Å². The summed E-state index contributed by atoms with van der Waals surface area (Å²) < 4.78 is 29.0. The van der Waals surface area contributed by atoms with E-state index in [1.165, 1.54) is 25.3 Å². The van der Waals surface area contributed by atoms with Crippen LogP contribution >= 0.6 is 0 Å². The van der Waals surface area contributed by atoms with Crippen LogP contribution in [-0.2, 0) is 41.8 Å². The van der Waals surface area contributed by atoms with Gasteiger partial charge in [0.1, 0.15) is 29.5 Å². The zero-order valence-corrected chi connectivity index (χ0v) is 28.1. The van der Waals surface area contributed by atoms with Gasteiger partial charge in [-0.1, -0.05) is 12.1 Å². The van der Waals surface area contributed by atoms with E-state index in [1.807, 2.05) is 4.98 Å². The van der Waals surface area contributed by atoms with Gasteiger partial charge in [-0.3, -0.25) is 24.2 Å². The Bertz CT molecular complexity index is 1920. The summed E-state index contributed by atoms with van der Waals surface area (Å²) in [5, 5.41) is 53.7. The minimum atomic E-state index is -2.24. The van der Waals surface area contributed by atoms with Crippen LogP contribution in [0.3, 0.4) is 0 Å². The summed E-state index contributed by atoms with van der Waals surface area (Å²) in [6, 6.07) is 3.64. The summed E-state index contributed by atoms with van der Waals surface area (Å²) in [6.45, 7) is 0.560. The molecule has 6 atom stereocenters. The molecule has 2 heterocycles. The molecular weight excluding hydrogens is 836 g/mol. The standard InChI is InChI=1S/C27H29NO11.C4H3FN2O2.Pt/c1-10-22(31)13(28)6-17(38-10)39-15-8-27(36,16(30)9-29)7-12-19(15)26(35)21-20(24(12)33)23(32)11-4-3-5-14(37-2)18(11)25(21)34;5-2-1-6-4(9)7-3(2)8;/h3-5,10,13,15,17,22,29,31,33,35-36H,6-9,28H2,1-2H3;1H,(H2,6,7,8,9);/t10-,13-,15-,17-,22-,27-;;/m0../s1. The van der Waals surface area contributed by atoms with Crippen molar-refractivity contribution in [3.8, 4) is 17.2 Å². The Kier molecular flexibility index (Phi) is 11.1. The maximum absolute atomic E-state index is 13.6. The normalized spacial score (nSPS) is 25.5. The number of nitrogens with one attached hydrogen (secondary N) is 2. The molecule has 9 N–H and O–H groups in total. The van der Waals surface area contributed by atoms with E-state index in [1.54, 1.807) is 11.9 Å². The molecule has 0 bridgehead atoms. The number of hydrogen-bond donors (Lipinski definition) is 8. The van der Waals surface area contributed by atoms with Gasteiger partial charge in [0.2, 0.25) is 11.6 Å². The molecule has 1 aromatic heterocycles. The first-order chi connectivity index (χ1) is 22.6. The van der Waals surface area contributed by atoms with Crippen molar-refractivity contribution < 1.29 is 79.6 Å². The average Bonchev–Trinajstić information content (AvgIpc) is 3.05. The van der Waals surface area contributed by atoms with E-state index in [4.69, 9.17) is 19.9 Å². The first kappa shape index (κ1) is 37.7. The molecule has 0 saturated carbocycles. The van der Waals surface area contributed by atoms with Gasteiger partial charge in [0, 0.05) is 69.3 Å². The summed E-state index contributed by atoms with van der Waals surface area (Å²) in [5.41, 5.74) is 0.666. The van der Waals surface area contributed by atoms with Gasteiger partial charge in [-0.2, -0.15) is 4.39 Å². The van der Waals surface area contributed by atoms with Gasteiger partial charge in [0.15, 0.2) is 17.9 Å². The number of methoxy groups -OCH3 is 1. The Hall–Kier alpha value is -4.09. The van der Waals surface area contributed by atoms with Crippen molar-refractivity contribution in [1.29, 1.82) is 0 Å². The second-order valence-electron chi connectivity index (χ2n) is 11.6. The van der Waals surface area contributed by atoms with E-state index in [2.05, 4.69) is 0 Å². The number of halogens is 1. The number of aromatic amines is 2. The summed E-state index contributed by atoms with van der Waals surface area (Å²) in [6.07, 6.45) is -4.41. The van der Waals surface area contributed by atoms with Crippen LogP contribution in [0.1, 0.15) is 68.8 Å². The quantitative estimate of drug-likeness (QED) is 0.114. The molecule has 0 amide bonds. The average molecular weight is 869 g/mol. The molecule has 0 radical (unpaired) electrons. The van der Waals surface area contributed by atoms with Crippen molar-refractivity contribution in [1.82, 2.24) is 9.97 Å². The second-order valence-corrected chi connectivity index (χ2v) is 11.6.